The van der Waals surface area contributed by atoms with Crippen molar-refractivity contribution in [2.45, 2.75) is 53.0 Å². The van der Waals surface area contributed by atoms with Gasteiger partial charge in [-0.05, 0) is 44.4 Å². The van der Waals surface area contributed by atoms with Crippen LogP contribution in [0.15, 0.2) is 35.5 Å². The van der Waals surface area contributed by atoms with Gasteiger partial charge in [0.2, 0.25) is 5.95 Å². The molecular weight excluding hydrogens is 356 g/mol. The summed E-state index contributed by atoms with van der Waals surface area (Å²) in [5.41, 5.74) is 2.37. The molecule has 0 unspecified atom stereocenters. The number of allylic oxidation sites excluding steroid dienone is 1. The number of anilines is 1. The van der Waals surface area contributed by atoms with Gasteiger partial charge in [-0.15, -0.1) is 0 Å². The molecule has 0 bridgehead atoms. The first-order valence-corrected chi connectivity index (χ1v) is 9.92. The molecule has 0 radical (unpaired) electrons. The van der Waals surface area contributed by atoms with Crippen molar-refractivity contribution in [2.75, 3.05) is 18.5 Å². The molecule has 7 heteroatoms. The van der Waals surface area contributed by atoms with Gasteiger partial charge in [0.25, 0.3) is 0 Å². The van der Waals surface area contributed by atoms with Gasteiger partial charge in [-0.3, -0.25) is 0 Å². The Balaban J connectivity index is 2.07. The largest absolute Gasteiger partial charge is 0.494 e. The van der Waals surface area contributed by atoms with Gasteiger partial charge in [-0.25, -0.2) is 9.48 Å². The van der Waals surface area contributed by atoms with Crippen LogP contribution in [0.2, 0.25) is 0 Å². The molecule has 2 heterocycles. The molecule has 150 valence electrons. The lowest BCUT2D eigenvalue weighted by atomic mass is 9.94. The summed E-state index contributed by atoms with van der Waals surface area (Å²) in [7, 11) is 0. The minimum absolute atomic E-state index is 0.321. The number of nitrogens with zero attached hydrogens (tertiary/aromatic N) is 3. The first-order valence-electron chi connectivity index (χ1n) is 9.92. The summed E-state index contributed by atoms with van der Waals surface area (Å²) in [4.78, 5) is 17.4. The Morgan fingerprint density at radius 1 is 1.18 bits per heavy atom. The molecule has 0 amide bonds. The minimum atomic E-state index is -0.390. The molecule has 0 saturated carbocycles. The zero-order chi connectivity index (χ0) is 20.1. The summed E-state index contributed by atoms with van der Waals surface area (Å²) in [6.45, 7) is 8.80. The predicted octanol–water partition coefficient (Wildman–Crippen LogP) is 4.01. The molecule has 0 saturated heterocycles. The maximum absolute atomic E-state index is 12.9. The van der Waals surface area contributed by atoms with E-state index in [9.17, 15) is 4.79 Å². The van der Waals surface area contributed by atoms with Crippen molar-refractivity contribution in [3.63, 3.8) is 0 Å². The molecule has 3 rings (SSSR count). The summed E-state index contributed by atoms with van der Waals surface area (Å²) in [6, 6.07) is 7.42. The van der Waals surface area contributed by atoms with Crippen LogP contribution >= 0.6 is 0 Å². The zero-order valence-electron chi connectivity index (χ0n) is 17.0. The highest BCUT2D eigenvalue weighted by Crippen LogP contribution is 2.37. The molecule has 2 aromatic rings. The van der Waals surface area contributed by atoms with Crippen LogP contribution in [0.25, 0.3) is 0 Å². The first kappa shape index (κ1) is 19.9. The molecule has 1 atom stereocenters. The van der Waals surface area contributed by atoms with Crippen LogP contribution in [0.5, 0.6) is 5.75 Å². The highest BCUT2D eigenvalue weighted by atomic mass is 16.5. The second kappa shape index (κ2) is 8.91. The molecule has 1 aliphatic rings. The fourth-order valence-corrected chi connectivity index (χ4v) is 3.35. The van der Waals surface area contributed by atoms with Gasteiger partial charge < -0.3 is 14.8 Å². The van der Waals surface area contributed by atoms with E-state index < -0.39 is 6.04 Å². The van der Waals surface area contributed by atoms with Crippen molar-refractivity contribution in [3.05, 3.63) is 46.9 Å². The summed E-state index contributed by atoms with van der Waals surface area (Å²) in [5.74, 6) is 1.78. The van der Waals surface area contributed by atoms with Crippen LogP contribution in [-0.4, -0.2) is 33.9 Å². The van der Waals surface area contributed by atoms with E-state index in [2.05, 4.69) is 29.2 Å². The van der Waals surface area contributed by atoms with Crippen LogP contribution in [0.3, 0.4) is 0 Å². The predicted molar refractivity (Wildman–Crippen MR) is 107 cm³/mol. The van der Waals surface area contributed by atoms with Crippen LogP contribution < -0.4 is 10.1 Å². The Hall–Kier alpha value is -2.83. The zero-order valence-corrected chi connectivity index (χ0v) is 17.0. The number of fused-ring (bicyclic) bond motifs is 1. The third-order valence-corrected chi connectivity index (χ3v) is 4.51. The van der Waals surface area contributed by atoms with Crippen LogP contribution in [0.4, 0.5) is 5.95 Å². The lowest BCUT2D eigenvalue weighted by Crippen LogP contribution is -2.30. The third-order valence-electron chi connectivity index (χ3n) is 4.51. The van der Waals surface area contributed by atoms with Gasteiger partial charge >= 0.3 is 5.97 Å². The van der Waals surface area contributed by atoms with Crippen molar-refractivity contribution in [1.29, 1.82) is 0 Å². The number of hydrogen-bond donors (Lipinski definition) is 1. The molecule has 1 aromatic carbocycles. The molecule has 28 heavy (non-hydrogen) atoms. The average Bonchev–Trinajstić information content (AvgIpc) is 3.06. The van der Waals surface area contributed by atoms with Gasteiger partial charge in [-0.2, -0.15) is 10.1 Å². The monoisotopic (exact) mass is 384 g/mol. The van der Waals surface area contributed by atoms with Gasteiger partial charge in [0, 0.05) is 5.70 Å². The lowest BCUT2D eigenvalue weighted by molar-refractivity contribution is -0.139. The van der Waals surface area contributed by atoms with Crippen molar-refractivity contribution in [1.82, 2.24) is 14.8 Å². The maximum atomic E-state index is 12.9. The molecule has 1 N–H and O–H groups in total. The molecule has 7 nitrogen and oxygen atoms in total. The number of carbonyl (C=O) groups is 1. The molecular formula is C21H28N4O3. The van der Waals surface area contributed by atoms with Gasteiger partial charge in [0.15, 0.2) is 0 Å². The van der Waals surface area contributed by atoms with Crippen LogP contribution in [0, 0.1) is 6.92 Å². The fourth-order valence-electron chi connectivity index (χ4n) is 3.35. The molecule has 0 fully saturated rings. The molecule has 0 spiro atoms. The number of benzene rings is 1. The fraction of sp³-hybridized carbons (Fsp3) is 0.476. The van der Waals surface area contributed by atoms with E-state index in [1.165, 1.54) is 0 Å². The number of aryl methyl sites for hydroxylation is 1. The van der Waals surface area contributed by atoms with E-state index in [0.717, 1.165) is 36.3 Å². The second-order valence-corrected chi connectivity index (χ2v) is 6.73. The average molecular weight is 384 g/mol. The number of hydrogen-bond acceptors (Lipinski definition) is 6. The van der Waals surface area contributed by atoms with Gasteiger partial charge in [-0.1, -0.05) is 32.4 Å². The highest BCUT2D eigenvalue weighted by molar-refractivity contribution is 5.92. The smallest absolute Gasteiger partial charge is 0.338 e. The highest BCUT2D eigenvalue weighted by Gasteiger charge is 2.35. The quantitative estimate of drug-likeness (QED) is 0.693. The SMILES string of the molecule is CCCOc1ccc([C@@H]2C(C(=O)OCC)=C(CCC)Nc3nc(C)nn32)cc1. The van der Waals surface area contributed by atoms with E-state index >= 15 is 0 Å². The van der Waals surface area contributed by atoms with E-state index in [4.69, 9.17) is 9.47 Å². The third kappa shape index (κ3) is 4.03. The number of ether oxygens (including phenoxy) is 2. The number of nitrogens with one attached hydrogen (secondary N) is 1. The summed E-state index contributed by atoms with van der Waals surface area (Å²) < 4.78 is 12.8. The lowest BCUT2D eigenvalue weighted by Gasteiger charge is -2.29. The molecule has 1 aromatic heterocycles. The van der Waals surface area contributed by atoms with E-state index in [-0.39, 0.29) is 5.97 Å². The Kier molecular flexibility index (Phi) is 6.34. The summed E-state index contributed by atoms with van der Waals surface area (Å²) in [6.07, 6.45) is 2.58. The van der Waals surface area contributed by atoms with Gasteiger partial charge in [0.1, 0.15) is 17.6 Å². The Morgan fingerprint density at radius 3 is 2.57 bits per heavy atom. The van der Waals surface area contributed by atoms with Crippen LogP contribution in [0.1, 0.15) is 57.5 Å². The van der Waals surface area contributed by atoms with Crippen LogP contribution in [-0.2, 0) is 9.53 Å². The summed E-state index contributed by atoms with van der Waals surface area (Å²) in [5, 5.41) is 7.83. The van der Waals surface area contributed by atoms with E-state index in [1.807, 2.05) is 38.1 Å². The number of aromatic nitrogens is 3. The van der Waals surface area contributed by atoms with E-state index in [1.54, 1.807) is 4.68 Å². The van der Waals surface area contributed by atoms with Crippen molar-refractivity contribution < 1.29 is 14.3 Å². The van der Waals surface area contributed by atoms with Crippen molar-refractivity contribution in [2.24, 2.45) is 0 Å². The minimum Gasteiger partial charge on any atom is -0.494 e. The van der Waals surface area contributed by atoms with E-state index in [0.29, 0.717) is 30.6 Å². The Morgan fingerprint density at radius 2 is 1.93 bits per heavy atom. The summed E-state index contributed by atoms with van der Waals surface area (Å²) >= 11 is 0. The number of carbonyl (C=O) groups excluding carboxylic acids is 1. The topological polar surface area (TPSA) is 78.3 Å². The normalized spacial score (nSPS) is 15.8. The Labute approximate surface area is 165 Å². The Bertz CT molecular complexity index is 855. The molecule has 1 aliphatic heterocycles. The van der Waals surface area contributed by atoms with Crippen molar-refractivity contribution >= 4 is 11.9 Å². The first-order chi connectivity index (χ1) is 13.6. The second-order valence-electron chi connectivity index (χ2n) is 6.73. The van der Waals surface area contributed by atoms with Crippen molar-refractivity contribution in [3.8, 4) is 5.75 Å². The van der Waals surface area contributed by atoms with Gasteiger partial charge in [0.05, 0.1) is 18.8 Å². The number of rotatable bonds is 8. The maximum Gasteiger partial charge on any atom is 0.338 e. The standard InChI is InChI=1S/C21H28N4O3/c1-5-8-17-18(20(26)27-7-3)19(25-21(23-17)22-14(4)24-25)15-9-11-16(12-10-15)28-13-6-2/h9-12,19H,5-8,13H2,1-4H3,(H,22,23,24)/t19-/m1/s1. The number of esters is 1. The molecule has 0 aliphatic carbocycles.